The molecule has 0 fully saturated rings. The number of ether oxygens (including phenoxy) is 1. The molecule has 0 bridgehead atoms. The average molecular weight is 621 g/mol. The third kappa shape index (κ3) is 9.11. The fourth-order valence-corrected chi connectivity index (χ4v) is 5.33. The lowest BCUT2D eigenvalue weighted by molar-refractivity contribution is -0.139. The fourth-order valence-electron chi connectivity index (χ4n) is 3.97. The molecule has 0 radical (unpaired) electrons. The van der Waals surface area contributed by atoms with Crippen LogP contribution in [0.1, 0.15) is 38.3 Å². The van der Waals surface area contributed by atoms with Crippen molar-refractivity contribution in [2.75, 3.05) is 17.1 Å². The molecule has 0 saturated heterocycles. The Morgan fingerprint density at radius 3 is 2.10 bits per heavy atom. The number of rotatable bonds is 13. The predicted octanol–water partition coefficient (Wildman–Crippen LogP) is 5.67. The maximum Gasteiger partial charge on any atom is 0.244 e. The normalized spacial score (nSPS) is 12.7. The van der Waals surface area contributed by atoms with Gasteiger partial charge in [0.2, 0.25) is 21.8 Å². The van der Waals surface area contributed by atoms with Crippen LogP contribution in [-0.2, 0) is 32.8 Å². The van der Waals surface area contributed by atoms with Crippen LogP contribution in [0.5, 0.6) is 5.75 Å². The van der Waals surface area contributed by atoms with Gasteiger partial charge in [0.1, 0.15) is 24.9 Å². The van der Waals surface area contributed by atoms with E-state index < -0.39 is 28.5 Å². The molecular weight excluding hydrogens is 585 g/mol. The molecule has 3 rings (SSSR count). The minimum absolute atomic E-state index is 0.0870. The zero-order valence-electron chi connectivity index (χ0n) is 23.5. The molecule has 1 N–H and O–H groups in total. The van der Waals surface area contributed by atoms with Gasteiger partial charge in [-0.1, -0.05) is 66.5 Å². The Morgan fingerprint density at radius 2 is 1.54 bits per heavy atom. The quantitative estimate of drug-likeness (QED) is 0.266. The number of sulfonamides is 1. The molecule has 41 heavy (non-hydrogen) atoms. The van der Waals surface area contributed by atoms with E-state index in [4.69, 9.17) is 27.9 Å². The Morgan fingerprint density at radius 1 is 0.927 bits per heavy atom. The molecule has 220 valence electrons. The third-order valence-corrected chi connectivity index (χ3v) is 8.46. The fraction of sp³-hybridized carbons (Fsp3) is 0.333. The summed E-state index contributed by atoms with van der Waals surface area (Å²) in [6.45, 7) is 5.11. The molecular formula is C30H35Cl2N3O5S. The van der Waals surface area contributed by atoms with Gasteiger partial charge < -0.3 is 15.0 Å². The summed E-state index contributed by atoms with van der Waals surface area (Å²) in [6.07, 6.45) is 1.73. The lowest BCUT2D eigenvalue weighted by atomic mass is 10.1. The van der Waals surface area contributed by atoms with Crippen molar-refractivity contribution in [2.45, 2.75) is 52.4 Å². The zero-order chi connectivity index (χ0) is 30.2. The maximum absolute atomic E-state index is 13.8. The number of nitrogens with one attached hydrogen (secondary N) is 1. The Labute approximate surface area is 252 Å². The summed E-state index contributed by atoms with van der Waals surface area (Å²) >= 11 is 12.8. The van der Waals surface area contributed by atoms with Crippen molar-refractivity contribution in [1.29, 1.82) is 0 Å². The number of amides is 2. The molecule has 0 heterocycles. The Kier molecular flexibility index (Phi) is 11.5. The summed E-state index contributed by atoms with van der Waals surface area (Å²) in [5.74, 6) is -0.424. The molecule has 2 atom stereocenters. The first-order chi connectivity index (χ1) is 19.4. The van der Waals surface area contributed by atoms with E-state index in [1.54, 1.807) is 49.4 Å². The van der Waals surface area contributed by atoms with E-state index in [1.165, 1.54) is 4.90 Å². The number of hydrogen-bond acceptors (Lipinski definition) is 5. The summed E-state index contributed by atoms with van der Waals surface area (Å²) in [5.41, 5.74) is 1.73. The number of anilines is 1. The van der Waals surface area contributed by atoms with Crippen molar-refractivity contribution < 1.29 is 22.7 Å². The van der Waals surface area contributed by atoms with Gasteiger partial charge in [0.25, 0.3) is 0 Å². The molecule has 0 spiro atoms. The van der Waals surface area contributed by atoms with E-state index in [-0.39, 0.29) is 24.2 Å². The molecule has 2 unspecified atom stereocenters. The van der Waals surface area contributed by atoms with Gasteiger partial charge in [-0.15, -0.1) is 0 Å². The van der Waals surface area contributed by atoms with E-state index in [0.717, 1.165) is 16.1 Å². The maximum atomic E-state index is 13.8. The van der Waals surface area contributed by atoms with Gasteiger partial charge >= 0.3 is 0 Å². The lowest BCUT2D eigenvalue weighted by Gasteiger charge is -2.32. The van der Waals surface area contributed by atoms with Crippen molar-refractivity contribution in [3.8, 4) is 5.75 Å². The van der Waals surface area contributed by atoms with Gasteiger partial charge in [-0.05, 0) is 62.2 Å². The van der Waals surface area contributed by atoms with Gasteiger partial charge in [0.05, 0.1) is 11.9 Å². The molecule has 0 aliphatic carbocycles. The van der Waals surface area contributed by atoms with Crippen molar-refractivity contribution >= 4 is 50.7 Å². The standard InChI is InChI=1S/C30H35Cl2N3O5S/c1-5-21(2)33-30(37)22(3)34(18-26-27(31)12-9-13-28(26)32)29(36)19-35(41(4,38)39)24-14-16-25(17-15-24)40-20-23-10-7-6-8-11-23/h6-17,21-22H,5,18-20H2,1-4H3,(H,33,37). The van der Waals surface area contributed by atoms with Crippen LogP contribution < -0.4 is 14.4 Å². The first-order valence-corrected chi connectivity index (χ1v) is 15.8. The number of hydrogen-bond donors (Lipinski definition) is 1. The van der Waals surface area contributed by atoms with Gasteiger partial charge in [-0.3, -0.25) is 13.9 Å². The number of carbonyl (C=O) groups excluding carboxylic acids is 2. The summed E-state index contributed by atoms with van der Waals surface area (Å²) in [5, 5.41) is 3.54. The highest BCUT2D eigenvalue weighted by Crippen LogP contribution is 2.28. The second kappa shape index (κ2) is 14.6. The summed E-state index contributed by atoms with van der Waals surface area (Å²) in [6, 6.07) is 20.0. The topological polar surface area (TPSA) is 96.0 Å². The molecule has 3 aromatic carbocycles. The minimum Gasteiger partial charge on any atom is -0.489 e. The highest BCUT2D eigenvalue weighted by molar-refractivity contribution is 7.92. The van der Waals surface area contributed by atoms with Crippen LogP contribution >= 0.6 is 23.2 Å². The lowest BCUT2D eigenvalue weighted by Crippen LogP contribution is -2.52. The highest BCUT2D eigenvalue weighted by Gasteiger charge is 2.31. The van der Waals surface area contributed by atoms with E-state index in [2.05, 4.69) is 5.32 Å². The van der Waals surface area contributed by atoms with Crippen LogP contribution in [-0.4, -0.2) is 50.0 Å². The summed E-state index contributed by atoms with van der Waals surface area (Å²) < 4.78 is 32.5. The van der Waals surface area contributed by atoms with E-state index in [9.17, 15) is 18.0 Å². The van der Waals surface area contributed by atoms with Gasteiger partial charge in [0.15, 0.2) is 0 Å². The molecule has 0 aromatic heterocycles. The SMILES string of the molecule is CCC(C)NC(=O)C(C)N(Cc1c(Cl)cccc1Cl)C(=O)CN(c1ccc(OCc2ccccc2)cc1)S(C)(=O)=O. The average Bonchev–Trinajstić information content (AvgIpc) is 2.94. The molecule has 0 aliphatic rings. The molecule has 8 nitrogen and oxygen atoms in total. The highest BCUT2D eigenvalue weighted by atomic mass is 35.5. The van der Waals surface area contributed by atoms with E-state index >= 15 is 0 Å². The third-order valence-electron chi connectivity index (χ3n) is 6.61. The van der Waals surface area contributed by atoms with Crippen molar-refractivity contribution in [3.05, 3.63) is 94.0 Å². The van der Waals surface area contributed by atoms with Crippen LogP contribution in [0.3, 0.4) is 0 Å². The van der Waals surface area contributed by atoms with Crippen molar-refractivity contribution in [3.63, 3.8) is 0 Å². The molecule has 2 amide bonds. The summed E-state index contributed by atoms with van der Waals surface area (Å²) in [7, 11) is -3.88. The van der Waals surface area contributed by atoms with E-state index in [1.807, 2.05) is 44.2 Å². The van der Waals surface area contributed by atoms with Crippen molar-refractivity contribution in [1.82, 2.24) is 10.2 Å². The number of nitrogens with zero attached hydrogens (tertiary/aromatic N) is 2. The van der Waals surface area contributed by atoms with Gasteiger partial charge in [-0.2, -0.15) is 0 Å². The zero-order valence-corrected chi connectivity index (χ0v) is 25.8. The molecule has 3 aromatic rings. The second-order valence-corrected chi connectivity index (χ2v) is 12.5. The van der Waals surface area contributed by atoms with Crippen LogP contribution in [0.15, 0.2) is 72.8 Å². The number of carbonyl (C=O) groups is 2. The minimum atomic E-state index is -3.88. The molecule has 11 heteroatoms. The first kappa shape index (κ1) is 32.2. The van der Waals surface area contributed by atoms with Gasteiger partial charge in [-0.25, -0.2) is 8.42 Å². The summed E-state index contributed by atoms with van der Waals surface area (Å²) in [4.78, 5) is 28.1. The molecule has 0 saturated carbocycles. The van der Waals surface area contributed by atoms with Crippen LogP contribution in [0.2, 0.25) is 10.0 Å². The second-order valence-electron chi connectivity index (χ2n) is 9.75. The Balaban J connectivity index is 1.86. The van der Waals surface area contributed by atoms with E-state index in [0.29, 0.717) is 34.4 Å². The smallest absolute Gasteiger partial charge is 0.244 e. The van der Waals surface area contributed by atoms with Crippen LogP contribution in [0.25, 0.3) is 0 Å². The predicted molar refractivity (Wildman–Crippen MR) is 164 cm³/mol. The first-order valence-electron chi connectivity index (χ1n) is 13.2. The number of benzene rings is 3. The Bertz CT molecular complexity index is 1420. The monoisotopic (exact) mass is 619 g/mol. The van der Waals surface area contributed by atoms with Gasteiger partial charge in [0, 0.05) is 28.2 Å². The number of halogens is 2. The van der Waals surface area contributed by atoms with Crippen LogP contribution in [0.4, 0.5) is 5.69 Å². The Hall–Kier alpha value is -3.27. The van der Waals surface area contributed by atoms with Crippen molar-refractivity contribution in [2.24, 2.45) is 0 Å². The molecule has 0 aliphatic heterocycles. The van der Waals surface area contributed by atoms with Crippen LogP contribution in [0, 0.1) is 0 Å². The largest absolute Gasteiger partial charge is 0.489 e.